The van der Waals surface area contributed by atoms with Gasteiger partial charge in [0.15, 0.2) is 0 Å². The Morgan fingerprint density at radius 1 is 1.32 bits per heavy atom. The molecule has 1 N–H and O–H groups in total. The van der Waals surface area contributed by atoms with E-state index in [1.54, 1.807) is 11.3 Å². The molecule has 3 rings (SSSR count). The average molecular weight is 315 g/mol. The van der Waals surface area contributed by atoms with E-state index in [1.165, 1.54) is 5.01 Å². The Balaban J connectivity index is 1.48. The summed E-state index contributed by atoms with van der Waals surface area (Å²) in [6, 6.07) is 9.69. The minimum Gasteiger partial charge on any atom is -0.326 e. The molecule has 0 bridgehead atoms. The number of anilines is 1. The Bertz CT molecular complexity index is 618. The summed E-state index contributed by atoms with van der Waals surface area (Å²) in [6.07, 6.45) is 1.84. The summed E-state index contributed by atoms with van der Waals surface area (Å²) in [6.45, 7) is 4.86. The molecule has 0 unspecified atom stereocenters. The van der Waals surface area contributed by atoms with Gasteiger partial charge in [-0.1, -0.05) is 18.2 Å². The van der Waals surface area contributed by atoms with E-state index in [9.17, 15) is 4.79 Å². The number of piperidine rings is 1. The first-order valence-corrected chi connectivity index (χ1v) is 8.58. The summed E-state index contributed by atoms with van der Waals surface area (Å²) in [5.74, 6) is 0.269. The van der Waals surface area contributed by atoms with E-state index in [4.69, 9.17) is 0 Å². The van der Waals surface area contributed by atoms with Crippen molar-refractivity contribution < 1.29 is 4.79 Å². The normalized spacial score (nSPS) is 16.6. The lowest BCUT2D eigenvalue weighted by atomic mass is 9.96. The molecule has 1 aliphatic rings. The van der Waals surface area contributed by atoms with E-state index >= 15 is 0 Å². The third kappa shape index (κ3) is 3.93. The fourth-order valence-electron chi connectivity index (χ4n) is 2.79. The van der Waals surface area contributed by atoms with Gasteiger partial charge in [-0.3, -0.25) is 9.69 Å². The highest BCUT2D eigenvalue weighted by Gasteiger charge is 2.25. The molecule has 116 valence electrons. The van der Waals surface area contributed by atoms with Crippen LogP contribution in [0, 0.1) is 12.8 Å². The quantitative estimate of drug-likeness (QED) is 0.941. The standard InChI is InChI=1S/C17H21N3OS/c1-13-12-22-16(18-13)11-20-9-7-14(8-10-20)17(21)19-15-5-3-2-4-6-15/h2-6,12,14H,7-11H2,1H3,(H,19,21). The van der Waals surface area contributed by atoms with Gasteiger partial charge < -0.3 is 5.32 Å². The summed E-state index contributed by atoms with van der Waals surface area (Å²) in [7, 11) is 0. The van der Waals surface area contributed by atoms with Crippen LogP contribution in [0.25, 0.3) is 0 Å². The van der Waals surface area contributed by atoms with Gasteiger partial charge in [0, 0.05) is 22.7 Å². The molecule has 5 heteroatoms. The smallest absolute Gasteiger partial charge is 0.227 e. The Morgan fingerprint density at radius 3 is 2.68 bits per heavy atom. The lowest BCUT2D eigenvalue weighted by Gasteiger charge is -2.30. The van der Waals surface area contributed by atoms with Crippen molar-refractivity contribution in [1.82, 2.24) is 9.88 Å². The molecule has 1 saturated heterocycles. The van der Waals surface area contributed by atoms with Gasteiger partial charge >= 0.3 is 0 Å². The van der Waals surface area contributed by atoms with Crippen molar-refractivity contribution in [2.45, 2.75) is 26.3 Å². The van der Waals surface area contributed by atoms with E-state index < -0.39 is 0 Å². The molecule has 1 fully saturated rings. The van der Waals surface area contributed by atoms with Crippen LogP contribution in [-0.2, 0) is 11.3 Å². The van der Waals surface area contributed by atoms with Crippen molar-refractivity contribution >= 4 is 22.9 Å². The van der Waals surface area contributed by atoms with E-state index in [-0.39, 0.29) is 11.8 Å². The largest absolute Gasteiger partial charge is 0.326 e. The first-order valence-electron chi connectivity index (χ1n) is 7.70. The number of carbonyl (C=O) groups is 1. The van der Waals surface area contributed by atoms with Crippen molar-refractivity contribution in [3.63, 3.8) is 0 Å². The molecule has 1 aliphatic heterocycles. The van der Waals surface area contributed by atoms with Gasteiger partial charge in [0.1, 0.15) is 5.01 Å². The number of nitrogens with zero attached hydrogens (tertiary/aromatic N) is 2. The fraction of sp³-hybridized carbons (Fsp3) is 0.412. The second kappa shape index (κ2) is 7.03. The number of hydrogen-bond donors (Lipinski definition) is 1. The highest BCUT2D eigenvalue weighted by Crippen LogP contribution is 2.21. The number of aromatic nitrogens is 1. The van der Waals surface area contributed by atoms with Gasteiger partial charge in [0.25, 0.3) is 0 Å². The number of benzene rings is 1. The number of para-hydroxylation sites is 1. The minimum absolute atomic E-state index is 0.120. The topological polar surface area (TPSA) is 45.2 Å². The van der Waals surface area contributed by atoms with Crippen molar-refractivity contribution in [3.05, 3.63) is 46.4 Å². The predicted molar refractivity (Wildman–Crippen MR) is 89.9 cm³/mol. The number of amides is 1. The van der Waals surface area contributed by atoms with Crippen LogP contribution in [0.5, 0.6) is 0 Å². The van der Waals surface area contributed by atoms with Gasteiger partial charge in [0.2, 0.25) is 5.91 Å². The minimum atomic E-state index is 0.120. The van der Waals surface area contributed by atoms with Crippen LogP contribution < -0.4 is 5.32 Å². The van der Waals surface area contributed by atoms with Gasteiger partial charge in [-0.05, 0) is 45.0 Å². The second-order valence-electron chi connectivity index (χ2n) is 5.79. The molecule has 22 heavy (non-hydrogen) atoms. The summed E-state index contributed by atoms with van der Waals surface area (Å²) < 4.78 is 0. The Morgan fingerprint density at radius 2 is 2.05 bits per heavy atom. The highest BCUT2D eigenvalue weighted by molar-refractivity contribution is 7.09. The monoisotopic (exact) mass is 315 g/mol. The lowest BCUT2D eigenvalue weighted by molar-refractivity contribution is -0.121. The van der Waals surface area contributed by atoms with Crippen LogP contribution in [-0.4, -0.2) is 28.9 Å². The molecule has 1 aromatic heterocycles. The van der Waals surface area contributed by atoms with Crippen LogP contribution in [0.2, 0.25) is 0 Å². The molecule has 2 aromatic rings. The van der Waals surface area contributed by atoms with E-state index in [0.29, 0.717) is 0 Å². The zero-order valence-electron chi connectivity index (χ0n) is 12.8. The van der Waals surface area contributed by atoms with E-state index in [2.05, 4.69) is 20.6 Å². The number of hydrogen-bond acceptors (Lipinski definition) is 4. The maximum absolute atomic E-state index is 12.3. The van der Waals surface area contributed by atoms with Gasteiger partial charge in [-0.15, -0.1) is 11.3 Å². The van der Waals surface area contributed by atoms with Gasteiger partial charge in [-0.25, -0.2) is 4.98 Å². The Kier molecular flexibility index (Phi) is 4.85. The summed E-state index contributed by atoms with van der Waals surface area (Å²) in [5.41, 5.74) is 1.98. The summed E-state index contributed by atoms with van der Waals surface area (Å²) >= 11 is 1.72. The number of likely N-dealkylation sites (tertiary alicyclic amines) is 1. The second-order valence-corrected chi connectivity index (χ2v) is 6.73. The molecule has 2 heterocycles. The van der Waals surface area contributed by atoms with Gasteiger partial charge in [-0.2, -0.15) is 0 Å². The zero-order valence-corrected chi connectivity index (χ0v) is 13.6. The molecule has 0 aliphatic carbocycles. The number of aryl methyl sites for hydroxylation is 1. The highest BCUT2D eigenvalue weighted by atomic mass is 32.1. The molecule has 0 atom stereocenters. The third-order valence-corrected chi connectivity index (χ3v) is 4.98. The molecule has 4 nitrogen and oxygen atoms in total. The molecule has 1 aromatic carbocycles. The van der Waals surface area contributed by atoms with Gasteiger partial charge in [0.05, 0.1) is 6.54 Å². The summed E-state index contributed by atoms with van der Waals surface area (Å²) in [5, 5.41) is 6.28. The van der Waals surface area contributed by atoms with E-state index in [0.717, 1.165) is 43.9 Å². The number of nitrogens with one attached hydrogen (secondary N) is 1. The average Bonchev–Trinajstić information content (AvgIpc) is 2.94. The summed E-state index contributed by atoms with van der Waals surface area (Å²) in [4.78, 5) is 19.2. The van der Waals surface area contributed by atoms with Crippen LogP contribution in [0.1, 0.15) is 23.5 Å². The van der Waals surface area contributed by atoms with Crippen molar-refractivity contribution in [2.75, 3.05) is 18.4 Å². The third-order valence-electron chi connectivity index (χ3n) is 4.03. The molecule has 1 amide bonds. The Labute approximate surface area is 135 Å². The SMILES string of the molecule is Cc1csc(CN2CCC(C(=O)Nc3ccccc3)CC2)n1. The number of thiazole rings is 1. The molecular formula is C17H21N3OS. The fourth-order valence-corrected chi connectivity index (χ4v) is 3.60. The van der Waals surface area contributed by atoms with Crippen molar-refractivity contribution in [3.8, 4) is 0 Å². The molecule has 0 radical (unpaired) electrons. The van der Waals surface area contributed by atoms with E-state index in [1.807, 2.05) is 37.3 Å². The number of carbonyl (C=O) groups excluding carboxylic acids is 1. The number of rotatable bonds is 4. The molecule has 0 spiro atoms. The van der Waals surface area contributed by atoms with Crippen LogP contribution in [0.3, 0.4) is 0 Å². The molecular weight excluding hydrogens is 294 g/mol. The van der Waals surface area contributed by atoms with Crippen LogP contribution in [0.4, 0.5) is 5.69 Å². The van der Waals surface area contributed by atoms with Crippen LogP contribution in [0.15, 0.2) is 35.7 Å². The first kappa shape index (κ1) is 15.2. The zero-order chi connectivity index (χ0) is 15.4. The predicted octanol–water partition coefficient (Wildman–Crippen LogP) is 3.30. The lowest BCUT2D eigenvalue weighted by Crippen LogP contribution is -2.37. The Hall–Kier alpha value is -1.72. The van der Waals surface area contributed by atoms with Crippen molar-refractivity contribution in [1.29, 1.82) is 0 Å². The first-order chi connectivity index (χ1) is 10.7. The maximum atomic E-state index is 12.3. The van der Waals surface area contributed by atoms with Crippen LogP contribution >= 0.6 is 11.3 Å². The molecule has 0 saturated carbocycles. The maximum Gasteiger partial charge on any atom is 0.227 e. The van der Waals surface area contributed by atoms with Crippen molar-refractivity contribution in [2.24, 2.45) is 5.92 Å².